The highest BCUT2D eigenvalue weighted by Gasteiger charge is 2.09. The molecule has 7 heteroatoms. The molecule has 0 spiro atoms. The molecule has 0 saturated carbocycles. The van der Waals surface area contributed by atoms with Crippen molar-refractivity contribution in [1.29, 1.82) is 0 Å². The molecule has 0 bridgehead atoms. The van der Waals surface area contributed by atoms with Crippen molar-refractivity contribution in [3.05, 3.63) is 52.3 Å². The third kappa shape index (κ3) is 3.33. The lowest BCUT2D eigenvalue weighted by molar-refractivity contribution is 0.0690. The molecule has 0 aliphatic heterocycles. The number of nitrogens with one attached hydrogen (secondary N) is 1. The molecule has 1 heterocycles. The van der Waals surface area contributed by atoms with E-state index >= 15 is 0 Å². The van der Waals surface area contributed by atoms with Gasteiger partial charge in [-0.1, -0.05) is 15.9 Å². The molecule has 0 aliphatic rings. The minimum Gasteiger partial charge on any atom is -0.477 e. The summed E-state index contributed by atoms with van der Waals surface area (Å²) in [7, 11) is 0. The lowest BCUT2D eigenvalue weighted by Gasteiger charge is -2.06. The summed E-state index contributed by atoms with van der Waals surface area (Å²) in [6, 6.07) is 7.63. The maximum absolute atomic E-state index is 12.0. The monoisotopic (exact) mass is 335 g/mol. The molecule has 102 valence electrons. The number of nitrogens with zero attached hydrogens (tertiary/aromatic N) is 1. The number of carbonyl (C=O) groups excluding carboxylic acids is 1. The van der Waals surface area contributed by atoms with Crippen LogP contribution in [0, 0.1) is 0 Å². The van der Waals surface area contributed by atoms with Crippen LogP contribution >= 0.6 is 15.9 Å². The highest BCUT2D eigenvalue weighted by atomic mass is 79.9. The summed E-state index contributed by atoms with van der Waals surface area (Å²) in [6.45, 7) is 0. The highest BCUT2D eigenvalue weighted by Crippen LogP contribution is 2.18. The van der Waals surface area contributed by atoms with Crippen molar-refractivity contribution >= 4 is 39.2 Å². The predicted molar refractivity (Wildman–Crippen MR) is 77.7 cm³/mol. The van der Waals surface area contributed by atoms with Crippen molar-refractivity contribution in [3.63, 3.8) is 0 Å². The van der Waals surface area contributed by atoms with E-state index in [1.165, 1.54) is 18.3 Å². The molecule has 0 unspecified atom stereocenters. The molecule has 1 aromatic carbocycles. The van der Waals surface area contributed by atoms with E-state index in [4.69, 9.17) is 10.8 Å². The van der Waals surface area contributed by atoms with Crippen LogP contribution in [0.25, 0.3) is 0 Å². The summed E-state index contributed by atoms with van der Waals surface area (Å²) < 4.78 is 0.696. The highest BCUT2D eigenvalue weighted by molar-refractivity contribution is 9.10. The van der Waals surface area contributed by atoms with Gasteiger partial charge >= 0.3 is 5.97 Å². The molecule has 6 nitrogen and oxygen atoms in total. The first-order valence-corrected chi connectivity index (χ1v) is 6.32. The molecule has 0 radical (unpaired) electrons. The summed E-state index contributed by atoms with van der Waals surface area (Å²) in [5.41, 5.74) is 6.82. The fourth-order valence-corrected chi connectivity index (χ4v) is 2.05. The van der Waals surface area contributed by atoms with Gasteiger partial charge in [0.05, 0.1) is 11.9 Å². The molecule has 2 aromatic rings. The Morgan fingerprint density at radius 2 is 2.00 bits per heavy atom. The maximum Gasteiger partial charge on any atom is 0.354 e. The van der Waals surface area contributed by atoms with E-state index in [1.54, 1.807) is 18.2 Å². The second kappa shape index (κ2) is 5.70. The fraction of sp³-hybridized carbons (Fsp3) is 0. The number of aromatic carboxylic acids is 1. The number of hydrogen-bond donors (Lipinski definition) is 3. The van der Waals surface area contributed by atoms with Gasteiger partial charge in [0.1, 0.15) is 5.69 Å². The maximum atomic E-state index is 12.0. The molecule has 1 aromatic heterocycles. The van der Waals surface area contributed by atoms with Crippen molar-refractivity contribution in [2.45, 2.75) is 0 Å². The number of halogens is 1. The Hall–Kier alpha value is -2.41. The average molecular weight is 336 g/mol. The molecule has 4 N–H and O–H groups in total. The van der Waals surface area contributed by atoms with Gasteiger partial charge in [-0.05, 0) is 30.3 Å². The second-order valence-electron chi connectivity index (χ2n) is 3.96. The smallest absolute Gasteiger partial charge is 0.354 e. The first-order valence-electron chi connectivity index (χ1n) is 5.52. The minimum absolute atomic E-state index is 0.0882. The van der Waals surface area contributed by atoms with E-state index in [9.17, 15) is 9.59 Å². The molecule has 1 amide bonds. The number of rotatable bonds is 3. The van der Waals surface area contributed by atoms with Crippen LogP contribution in [0.4, 0.5) is 11.4 Å². The zero-order valence-corrected chi connectivity index (χ0v) is 11.7. The SMILES string of the molecule is Nc1cc(Br)cc(C(=O)Nc2ccc(C(=O)O)nc2)c1. The number of pyridine rings is 1. The van der Waals surface area contributed by atoms with Gasteiger partial charge in [-0.2, -0.15) is 0 Å². The van der Waals surface area contributed by atoms with Crippen molar-refractivity contribution in [2.75, 3.05) is 11.1 Å². The summed E-state index contributed by atoms with van der Waals surface area (Å²) in [5, 5.41) is 11.3. The molecule has 0 fully saturated rings. The van der Waals surface area contributed by atoms with Crippen molar-refractivity contribution < 1.29 is 14.7 Å². The van der Waals surface area contributed by atoms with Gasteiger partial charge in [-0.3, -0.25) is 4.79 Å². The van der Waals surface area contributed by atoms with Crippen LogP contribution in [-0.4, -0.2) is 22.0 Å². The van der Waals surface area contributed by atoms with E-state index in [2.05, 4.69) is 26.2 Å². The zero-order valence-electron chi connectivity index (χ0n) is 10.1. The molecular weight excluding hydrogens is 326 g/mol. The third-order valence-corrected chi connectivity index (χ3v) is 2.88. The largest absolute Gasteiger partial charge is 0.477 e. The number of carboxylic acid groups (broad SMARTS) is 1. The number of amides is 1. The normalized spacial score (nSPS) is 10.1. The lowest BCUT2D eigenvalue weighted by Crippen LogP contribution is -2.13. The summed E-state index contributed by atoms with van der Waals surface area (Å²) >= 11 is 3.25. The Labute approximate surface area is 122 Å². The topological polar surface area (TPSA) is 105 Å². The Morgan fingerprint density at radius 1 is 1.25 bits per heavy atom. The van der Waals surface area contributed by atoms with Gasteiger partial charge < -0.3 is 16.2 Å². The Kier molecular flexibility index (Phi) is 3.99. The van der Waals surface area contributed by atoms with Crippen molar-refractivity contribution in [2.24, 2.45) is 0 Å². The van der Waals surface area contributed by atoms with Crippen molar-refractivity contribution in [1.82, 2.24) is 4.98 Å². The Morgan fingerprint density at radius 3 is 2.55 bits per heavy atom. The quantitative estimate of drug-likeness (QED) is 0.747. The van der Waals surface area contributed by atoms with Crippen molar-refractivity contribution in [3.8, 4) is 0 Å². The number of benzene rings is 1. The molecule has 2 rings (SSSR count). The number of hydrogen-bond acceptors (Lipinski definition) is 4. The summed E-state index contributed by atoms with van der Waals surface area (Å²) in [6.07, 6.45) is 1.28. The standard InChI is InChI=1S/C13H10BrN3O3/c14-8-3-7(4-9(15)5-8)12(18)17-10-1-2-11(13(19)20)16-6-10/h1-6H,15H2,(H,17,18)(H,19,20). The van der Waals surface area contributed by atoms with E-state index in [-0.39, 0.29) is 11.6 Å². The van der Waals surface area contributed by atoms with Crippen LogP contribution in [0.2, 0.25) is 0 Å². The Balaban J connectivity index is 2.16. The predicted octanol–water partition coefficient (Wildman–Crippen LogP) is 2.38. The molecular formula is C13H10BrN3O3. The van der Waals surface area contributed by atoms with Crippen LogP contribution in [0.1, 0.15) is 20.8 Å². The fourth-order valence-electron chi connectivity index (χ4n) is 1.54. The average Bonchev–Trinajstić information content (AvgIpc) is 2.38. The van der Waals surface area contributed by atoms with Gasteiger partial charge in [-0.15, -0.1) is 0 Å². The van der Waals surface area contributed by atoms with E-state index in [0.717, 1.165) is 0 Å². The van der Waals surface area contributed by atoms with Gasteiger partial charge in [0, 0.05) is 15.7 Å². The van der Waals surface area contributed by atoms with E-state index in [1.807, 2.05) is 0 Å². The lowest BCUT2D eigenvalue weighted by atomic mass is 10.2. The minimum atomic E-state index is -1.12. The molecule has 20 heavy (non-hydrogen) atoms. The first-order chi connectivity index (χ1) is 9.45. The second-order valence-corrected chi connectivity index (χ2v) is 4.88. The summed E-state index contributed by atoms with van der Waals surface area (Å²) in [4.78, 5) is 26.4. The van der Waals surface area contributed by atoms with Gasteiger partial charge in [0.15, 0.2) is 0 Å². The summed E-state index contributed by atoms with van der Waals surface area (Å²) in [5.74, 6) is -1.48. The van der Waals surface area contributed by atoms with E-state index < -0.39 is 5.97 Å². The molecule has 0 aliphatic carbocycles. The third-order valence-electron chi connectivity index (χ3n) is 2.42. The number of anilines is 2. The van der Waals surface area contributed by atoms with Gasteiger partial charge in [0.25, 0.3) is 5.91 Å². The van der Waals surface area contributed by atoms with Crippen LogP contribution in [0.15, 0.2) is 41.0 Å². The Bertz CT molecular complexity index is 651. The van der Waals surface area contributed by atoms with Crippen LogP contribution in [0.5, 0.6) is 0 Å². The molecule has 0 atom stereocenters. The van der Waals surface area contributed by atoms with E-state index in [0.29, 0.717) is 21.4 Å². The number of carbonyl (C=O) groups is 2. The van der Waals surface area contributed by atoms with Gasteiger partial charge in [0.2, 0.25) is 0 Å². The van der Waals surface area contributed by atoms with Crippen LogP contribution in [-0.2, 0) is 0 Å². The number of nitrogen functional groups attached to an aromatic ring is 1. The van der Waals surface area contributed by atoms with Crippen LogP contribution < -0.4 is 11.1 Å². The zero-order chi connectivity index (χ0) is 14.7. The molecule has 0 saturated heterocycles. The number of aromatic nitrogens is 1. The number of carboxylic acids is 1. The first kappa shape index (κ1) is 14.0. The van der Waals surface area contributed by atoms with Gasteiger partial charge in [-0.25, -0.2) is 9.78 Å². The number of nitrogens with two attached hydrogens (primary N) is 1. The van der Waals surface area contributed by atoms with Crippen LogP contribution in [0.3, 0.4) is 0 Å².